The lowest BCUT2D eigenvalue weighted by Crippen LogP contribution is -2.34. The highest BCUT2D eigenvalue weighted by atomic mass is 19.1. The summed E-state index contributed by atoms with van der Waals surface area (Å²) in [5, 5.41) is 2.81. The predicted octanol–water partition coefficient (Wildman–Crippen LogP) is 2.28. The van der Waals surface area contributed by atoms with E-state index in [4.69, 9.17) is 0 Å². The van der Waals surface area contributed by atoms with Crippen LogP contribution in [0.5, 0.6) is 0 Å². The van der Waals surface area contributed by atoms with Gasteiger partial charge >= 0.3 is 0 Å². The van der Waals surface area contributed by atoms with Crippen molar-refractivity contribution in [2.24, 2.45) is 0 Å². The second-order valence-corrected chi connectivity index (χ2v) is 3.66. The molecule has 1 atom stereocenters. The van der Waals surface area contributed by atoms with Gasteiger partial charge in [0.25, 0.3) is 0 Å². The van der Waals surface area contributed by atoms with Crippen molar-refractivity contribution in [1.29, 1.82) is 0 Å². The molecule has 0 spiro atoms. The van der Waals surface area contributed by atoms with Gasteiger partial charge in [0.05, 0.1) is 6.20 Å². The van der Waals surface area contributed by atoms with Gasteiger partial charge in [-0.3, -0.25) is 0 Å². The number of nitrogens with zero attached hydrogens (tertiary/aromatic N) is 3. The Hall–Kier alpha value is -1.39. The van der Waals surface area contributed by atoms with Crippen LogP contribution in [0.25, 0.3) is 0 Å². The van der Waals surface area contributed by atoms with Crippen LogP contribution in [0.4, 0.5) is 16.2 Å². The molecule has 0 saturated heterocycles. The maximum Gasteiger partial charge on any atom is 0.224 e. The van der Waals surface area contributed by atoms with Crippen LogP contribution >= 0.6 is 0 Å². The van der Waals surface area contributed by atoms with Crippen molar-refractivity contribution < 1.29 is 4.39 Å². The lowest BCUT2D eigenvalue weighted by atomic mass is 10.2. The first-order valence-electron chi connectivity index (χ1n) is 5.60. The van der Waals surface area contributed by atoms with Crippen LogP contribution in [0.3, 0.4) is 0 Å². The van der Waals surface area contributed by atoms with E-state index in [0.717, 1.165) is 13.0 Å². The van der Waals surface area contributed by atoms with E-state index in [-0.39, 0.29) is 11.9 Å². The Morgan fingerprint density at radius 2 is 2.19 bits per heavy atom. The van der Waals surface area contributed by atoms with Gasteiger partial charge < -0.3 is 10.2 Å². The Morgan fingerprint density at radius 1 is 1.50 bits per heavy atom. The average Bonchev–Trinajstić information content (AvgIpc) is 2.32. The maximum atomic E-state index is 13.6. The third-order valence-corrected chi connectivity index (χ3v) is 2.68. The summed E-state index contributed by atoms with van der Waals surface area (Å²) in [6, 6.07) is 0.263. The maximum absolute atomic E-state index is 13.6. The van der Waals surface area contributed by atoms with Gasteiger partial charge in [0.15, 0.2) is 11.6 Å². The molecule has 1 heterocycles. The van der Waals surface area contributed by atoms with Gasteiger partial charge in [0, 0.05) is 19.6 Å². The lowest BCUT2D eigenvalue weighted by molar-refractivity contribution is 0.569. The quantitative estimate of drug-likeness (QED) is 0.836. The van der Waals surface area contributed by atoms with Crippen molar-refractivity contribution in [3.05, 3.63) is 12.0 Å². The highest BCUT2D eigenvalue weighted by Gasteiger charge is 2.17. The Labute approximate surface area is 95.9 Å². The van der Waals surface area contributed by atoms with Gasteiger partial charge in [0.1, 0.15) is 0 Å². The minimum atomic E-state index is -0.374. The molecule has 0 fully saturated rings. The second-order valence-electron chi connectivity index (χ2n) is 3.66. The lowest BCUT2D eigenvalue weighted by Gasteiger charge is -2.28. The van der Waals surface area contributed by atoms with Crippen molar-refractivity contribution in [2.75, 3.05) is 23.8 Å². The van der Waals surface area contributed by atoms with Gasteiger partial charge in [-0.15, -0.1) is 0 Å². The standard InChI is InChI=1S/C11H19FN4/c1-5-8(3)16(6-2)10-9(12)7-14-11(13-4)15-10/h7-8H,5-6H2,1-4H3,(H,13,14,15). The predicted molar refractivity (Wildman–Crippen MR) is 64.3 cm³/mol. The van der Waals surface area contributed by atoms with Gasteiger partial charge in [-0.2, -0.15) is 4.98 Å². The van der Waals surface area contributed by atoms with E-state index in [2.05, 4.69) is 29.1 Å². The first kappa shape index (κ1) is 12.7. The molecule has 1 aromatic rings. The summed E-state index contributed by atoms with van der Waals surface area (Å²) in [5.41, 5.74) is 0. The molecule has 0 radical (unpaired) electrons. The van der Waals surface area contributed by atoms with Crippen molar-refractivity contribution in [3.8, 4) is 0 Å². The molecule has 1 unspecified atom stereocenters. The summed E-state index contributed by atoms with van der Waals surface area (Å²) in [5.74, 6) is 0.440. The molecule has 0 aromatic carbocycles. The van der Waals surface area contributed by atoms with E-state index in [1.165, 1.54) is 6.20 Å². The molecule has 0 bridgehead atoms. The van der Waals surface area contributed by atoms with E-state index in [9.17, 15) is 4.39 Å². The average molecular weight is 226 g/mol. The van der Waals surface area contributed by atoms with E-state index >= 15 is 0 Å². The topological polar surface area (TPSA) is 41.1 Å². The Bertz CT molecular complexity index is 343. The van der Waals surface area contributed by atoms with Crippen molar-refractivity contribution in [1.82, 2.24) is 9.97 Å². The summed E-state index contributed by atoms with van der Waals surface area (Å²) in [7, 11) is 1.72. The highest BCUT2D eigenvalue weighted by molar-refractivity contribution is 5.44. The third kappa shape index (κ3) is 2.59. The summed E-state index contributed by atoms with van der Waals surface area (Å²) in [6.45, 7) is 6.86. The fourth-order valence-corrected chi connectivity index (χ4v) is 1.57. The molecule has 90 valence electrons. The summed E-state index contributed by atoms with van der Waals surface area (Å²) < 4.78 is 13.6. The number of rotatable bonds is 5. The second kappa shape index (κ2) is 5.63. The molecule has 16 heavy (non-hydrogen) atoms. The Morgan fingerprint density at radius 3 is 2.69 bits per heavy atom. The van der Waals surface area contributed by atoms with Crippen LogP contribution in [-0.4, -0.2) is 29.6 Å². The van der Waals surface area contributed by atoms with Gasteiger partial charge in [-0.25, -0.2) is 9.37 Å². The molecule has 0 aliphatic carbocycles. The van der Waals surface area contributed by atoms with E-state index < -0.39 is 0 Å². The zero-order chi connectivity index (χ0) is 12.1. The number of hydrogen-bond acceptors (Lipinski definition) is 4. The molecule has 0 saturated carbocycles. The molecular formula is C11H19FN4. The Balaban J connectivity index is 3.07. The first-order chi connectivity index (χ1) is 7.63. The van der Waals surface area contributed by atoms with Gasteiger partial charge in [-0.05, 0) is 20.3 Å². The SMILES string of the molecule is CCC(C)N(CC)c1nc(NC)ncc1F. The number of halogens is 1. The van der Waals surface area contributed by atoms with Crippen molar-refractivity contribution >= 4 is 11.8 Å². The monoisotopic (exact) mass is 226 g/mol. The first-order valence-corrected chi connectivity index (χ1v) is 5.60. The number of aromatic nitrogens is 2. The molecule has 1 rings (SSSR count). The largest absolute Gasteiger partial charge is 0.357 e. The molecule has 0 aliphatic rings. The van der Waals surface area contributed by atoms with Gasteiger partial charge in [0.2, 0.25) is 5.95 Å². The van der Waals surface area contributed by atoms with Crippen LogP contribution in [-0.2, 0) is 0 Å². The fourth-order valence-electron chi connectivity index (χ4n) is 1.57. The van der Waals surface area contributed by atoms with E-state index in [1.54, 1.807) is 7.05 Å². The van der Waals surface area contributed by atoms with E-state index in [0.29, 0.717) is 11.8 Å². The van der Waals surface area contributed by atoms with E-state index in [1.807, 2.05) is 11.8 Å². The van der Waals surface area contributed by atoms with Crippen molar-refractivity contribution in [2.45, 2.75) is 33.2 Å². The minimum Gasteiger partial charge on any atom is -0.357 e. The zero-order valence-electron chi connectivity index (χ0n) is 10.3. The molecule has 0 amide bonds. The zero-order valence-corrected chi connectivity index (χ0v) is 10.3. The fraction of sp³-hybridized carbons (Fsp3) is 0.636. The highest BCUT2D eigenvalue weighted by Crippen LogP contribution is 2.20. The molecule has 4 nitrogen and oxygen atoms in total. The smallest absolute Gasteiger partial charge is 0.224 e. The molecule has 0 aliphatic heterocycles. The van der Waals surface area contributed by atoms with Crippen molar-refractivity contribution in [3.63, 3.8) is 0 Å². The number of hydrogen-bond donors (Lipinski definition) is 1. The molecule has 1 N–H and O–H groups in total. The number of nitrogens with one attached hydrogen (secondary N) is 1. The minimum absolute atomic E-state index is 0.263. The van der Waals surface area contributed by atoms with Crippen LogP contribution in [0.1, 0.15) is 27.2 Å². The van der Waals surface area contributed by atoms with Crippen LogP contribution < -0.4 is 10.2 Å². The van der Waals surface area contributed by atoms with Gasteiger partial charge in [-0.1, -0.05) is 6.92 Å². The summed E-state index contributed by atoms with van der Waals surface area (Å²) in [4.78, 5) is 9.94. The van der Waals surface area contributed by atoms with Crippen LogP contribution in [0, 0.1) is 5.82 Å². The van der Waals surface area contributed by atoms with Crippen LogP contribution in [0.2, 0.25) is 0 Å². The molecule has 1 aromatic heterocycles. The summed E-state index contributed by atoms with van der Waals surface area (Å²) in [6.07, 6.45) is 2.16. The molecular weight excluding hydrogens is 207 g/mol. The summed E-state index contributed by atoms with van der Waals surface area (Å²) >= 11 is 0. The van der Waals surface area contributed by atoms with Crippen LogP contribution in [0.15, 0.2) is 6.20 Å². The molecule has 5 heteroatoms. The number of anilines is 2. The normalized spacial score (nSPS) is 12.3. The third-order valence-electron chi connectivity index (χ3n) is 2.68. The Kier molecular flexibility index (Phi) is 4.46.